The van der Waals surface area contributed by atoms with Gasteiger partial charge in [-0.3, -0.25) is 9.69 Å². The van der Waals surface area contributed by atoms with Gasteiger partial charge in [0.2, 0.25) is 5.91 Å². The summed E-state index contributed by atoms with van der Waals surface area (Å²) in [5.74, 6) is -0.288. The van der Waals surface area contributed by atoms with E-state index in [0.29, 0.717) is 19.7 Å². The maximum Gasteiger partial charge on any atom is 0.330 e. The van der Waals surface area contributed by atoms with Crippen molar-refractivity contribution < 1.29 is 14.3 Å². The molecule has 0 atom stereocenters. The molecule has 1 fully saturated rings. The topological polar surface area (TPSA) is 58.6 Å². The van der Waals surface area contributed by atoms with Crippen LogP contribution in [0.15, 0.2) is 12.2 Å². The molecule has 0 aromatic heterocycles. The van der Waals surface area contributed by atoms with Gasteiger partial charge in [-0.25, -0.2) is 4.79 Å². The zero-order valence-corrected chi connectivity index (χ0v) is 9.57. The van der Waals surface area contributed by atoms with Gasteiger partial charge in [0, 0.05) is 25.7 Å². The molecule has 0 aromatic rings. The first-order valence-electron chi connectivity index (χ1n) is 5.54. The molecule has 0 aromatic carbocycles. The van der Waals surface area contributed by atoms with E-state index in [0.717, 1.165) is 19.5 Å². The Morgan fingerprint density at radius 2 is 2.44 bits per heavy atom. The van der Waals surface area contributed by atoms with Gasteiger partial charge in [-0.05, 0) is 13.3 Å². The summed E-state index contributed by atoms with van der Waals surface area (Å²) in [7, 11) is 0. The van der Waals surface area contributed by atoms with E-state index < -0.39 is 0 Å². The fourth-order valence-electron chi connectivity index (χ4n) is 1.51. The molecule has 0 aliphatic carbocycles. The number of ether oxygens (including phenoxy) is 1. The third-order valence-corrected chi connectivity index (χ3v) is 2.24. The Bertz CT molecular complexity index is 276. The third-order valence-electron chi connectivity index (χ3n) is 2.24. The number of carbonyl (C=O) groups excluding carboxylic acids is 2. The molecule has 1 N–H and O–H groups in total. The summed E-state index contributed by atoms with van der Waals surface area (Å²) in [6.45, 7) is 4.75. The van der Waals surface area contributed by atoms with Crippen LogP contribution in [0, 0.1) is 0 Å². The van der Waals surface area contributed by atoms with Gasteiger partial charge in [0.1, 0.15) is 0 Å². The molecule has 0 unspecified atom stereocenters. The number of amides is 1. The van der Waals surface area contributed by atoms with E-state index in [-0.39, 0.29) is 11.9 Å². The number of carbonyl (C=O) groups is 2. The summed E-state index contributed by atoms with van der Waals surface area (Å²) in [6, 6.07) is 0. The van der Waals surface area contributed by atoms with Gasteiger partial charge in [-0.15, -0.1) is 0 Å². The van der Waals surface area contributed by atoms with Crippen molar-refractivity contribution in [2.45, 2.75) is 13.3 Å². The van der Waals surface area contributed by atoms with Crippen molar-refractivity contribution in [1.82, 2.24) is 10.2 Å². The standard InChI is InChI=1S/C11H18N2O3/c1-2-16-11(15)5-3-7-13-8-4-6-12-10(14)9-13/h3,5H,2,4,6-9H2,1H3,(H,12,14)/b5-3+. The normalized spacial score (nSPS) is 18.2. The highest BCUT2D eigenvalue weighted by Crippen LogP contribution is 1.96. The Morgan fingerprint density at radius 3 is 3.19 bits per heavy atom. The fraction of sp³-hybridized carbons (Fsp3) is 0.636. The minimum Gasteiger partial charge on any atom is -0.463 e. The molecule has 0 spiro atoms. The van der Waals surface area contributed by atoms with E-state index in [2.05, 4.69) is 5.32 Å². The van der Waals surface area contributed by atoms with Gasteiger partial charge >= 0.3 is 5.97 Å². The summed E-state index contributed by atoms with van der Waals surface area (Å²) < 4.78 is 4.75. The van der Waals surface area contributed by atoms with Gasteiger partial charge in [0.25, 0.3) is 0 Å². The number of hydrogen-bond donors (Lipinski definition) is 1. The van der Waals surface area contributed by atoms with Gasteiger partial charge in [0.15, 0.2) is 0 Å². The molecule has 16 heavy (non-hydrogen) atoms. The minimum absolute atomic E-state index is 0.0436. The van der Waals surface area contributed by atoms with Crippen LogP contribution in [0.3, 0.4) is 0 Å². The third kappa shape index (κ3) is 4.93. The van der Waals surface area contributed by atoms with Crippen molar-refractivity contribution >= 4 is 11.9 Å². The van der Waals surface area contributed by atoms with E-state index in [9.17, 15) is 9.59 Å². The smallest absolute Gasteiger partial charge is 0.330 e. The van der Waals surface area contributed by atoms with Crippen molar-refractivity contribution in [3.05, 3.63) is 12.2 Å². The van der Waals surface area contributed by atoms with E-state index in [1.807, 2.05) is 4.90 Å². The van der Waals surface area contributed by atoms with E-state index >= 15 is 0 Å². The van der Waals surface area contributed by atoms with Crippen molar-refractivity contribution in [2.75, 3.05) is 32.8 Å². The maximum absolute atomic E-state index is 11.2. The lowest BCUT2D eigenvalue weighted by atomic mass is 10.3. The summed E-state index contributed by atoms with van der Waals surface area (Å²) in [6.07, 6.45) is 4.09. The van der Waals surface area contributed by atoms with Crippen LogP contribution in [-0.4, -0.2) is 49.6 Å². The predicted molar refractivity (Wildman–Crippen MR) is 59.8 cm³/mol. The largest absolute Gasteiger partial charge is 0.463 e. The Morgan fingerprint density at radius 1 is 1.62 bits per heavy atom. The van der Waals surface area contributed by atoms with Crippen molar-refractivity contribution in [2.24, 2.45) is 0 Å². The minimum atomic E-state index is -0.332. The quantitative estimate of drug-likeness (QED) is 0.538. The molecule has 1 heterocycles. The van der Waals surface area contributed by atoms with E-state index in [4.69, 9.17) is 4.74 Å². The van der Waals surface area contributed by atoms with Crippen LogP contribution >= 0.6 is 0 Å². The molecule has 1 saturated heterocycles. The molecule has 90 valence electrons. The van der Waals surface area contributed by atoms with Crippen LogP contribution in [0.2, 0.25) is 0 Å². The highest BCUT2D eigenvalue weighted by molar-refractivity contribution is 5.82. The van der Waals surface area contributed by atoms with Crippen LogP contribution in [0.25, 0.3) is 0 Å². The van der Waals surface area contributed by atoms with Gasteiger partial charge < -0.3 is 10.1 Å². The van der Waals surface area contributed by atoms with Crippen LogP contribution in [0.4, 0.5) is 0 Å². The Balaban J connectivity index is 2.30. The molecule has 0 saturated carbocycles. The van der Waals surface area contributed by atoms with E-state index in [1.165, 1.54) is 6.08 Å². The lowest BCUT2D eigenvalue weighted by Gasteiger charge is -2.15. The number of nitrogens with one attached hydrogen (secondary N) is 1. The number of rotatable bonds is 4. The molecular formula is C11H18N2O3. The first kappa shape index (κ1) is 12.7. The number of nitrogens with zero attached hydrogens (tertiary/aromatic N) is 1. The second-order valence-electron chi connectivity index (χ2n) is 3.59. The molecule has 1 rings (SSSR count). The predicted octanol–water partition coefficient (Wildman–Crippen LogP) is -0.0724. The summed E-state index contributed by atoms with van der Waals surface area (Å²) in [4.78, 5) is 24.2. The highest BCUT2D eigenvalue weighted by atomic mass is 16.5. The highest BCUT2D eigenvalue weighted by Gasteiger charge is 2.12. The van der Waals surface area contributed by atoms with Gasteiger partial charge in [-0.2, -0.15) is 0 Å². The maximum atomic E-state index is 11.2. The molecular weight excluding hydrogens is 208 g/mol. The number of esters is 1. The Hall–Kier alpha value is -1.36. The Labute approximate surface area is 95.4 Å². The first-order chi connectivity index (χ1) is 7.72. The second-order valence-corrected chi connectivity index (χ2v) is 3.59. The average Bonchev–Trinajstić information content (AvgIpc) is 2.43. The molecule has 0 bridgehead atoms. The lowest BCUT2D eigenvalue weighted by molar-refractivity contribution is -0.137. The first-order valence-corrected chi connectivity index (χ1v) is 5.54. The zero-order valence-electron chi connectivity index (χ0n) is 9.57. The molecule has 0 radical (unpaired) electrons. The van der Waals surface area contributed by atoms with Crippen LogP contribution < -0.4 is 5.32 Å². The fourth-order valence-corrected chi connectivity index (χ4v) is 1.51. The second kappa shape index (κ2) is 7.00. The molecule has 5 nitrogen and oxygen atoms in total. The van der Waals surface area contributed by atoms with Crippen LogP contribution in [-0.2, 0) is 14.3 Å². The molecule has 1 amide bonds. The van der Waals surface area contributed by atoms with E-state index in [1.54, 1.807) is 13.0 Å². The van der Waals surface area contributed by atoms with Gasteiger partial charge in [0.05, 0.1) is 13.2 Å². The molecule has 1 aliphatic heterocycles. The lowest BCUT2D eigenvalue weighted by Crippen LogP contribution is -2.33. The van der Waals surface area contributed by atoms with Crippen LogP contribution in [0.1, 0.15) is 13.3 Å². The molecule has 1 aliphatic rings. The summed E-state index contributed by atoms with van der Waals surface area (Å²) in [5, 5.41) is 2.80. The number of hydrogen-bond acceptors (Lipinski definition) is 4. The van der Waals surface area contributed by atoms with Crippen molar-refractivity contribution in [3.8, 4) is 0 Å². The summed E-state index contributed by atoms with van der Waals surface area (Å²) in [5.41, 5.74) is 0. The van der Waals surface area contributed by atoms with Crippen molar-refractivity contribution in [1.29, 1.82) is 0 Å². The van der Waals surface area contributed by atoms with Crippen molar-refractivity contribution in [3.63, 3.8) is 0 Å². The molecule has 5 heteroatoms. The van der Waals surface area contributed by atoms with Crippen LogP contribution in [0.5, 0.6) is 0 Å². The zero-order chi connectivity index (χ0) is 11.8. The average molecular weight is 226 g/mol. The summed E-state index contributed by atoms with van der Waals surface area (Å²) >= 11 is 0. The van der Waals surface area contributed by atoms with Gasteiger partial charge in [-0.1, -0.05) is 6.08 Å². The Kier molecular flexibility index (Phi) is 5.56. The monoisotopic (exact) mass is 226 g/mol. The SMILES string of the molecule is CCOC(=O)/C=C/CN1CCCNC(=O)C1.